The van der Waals surface area contributed by atoms with Crippen molar-refractivity contribution in [3.63, 3.8) is 0 Å². The second kappa shape index (κ2) is 8.64. The molecule has 0 unspecified atom stereocenters. The number of amides is 2. The van der Waals surface area contributed by atoms with Crippen LogP contribution in [0, 0.1) is 6.92 Å². The van der Waals surface area contributed by atoms with Crippen molar-refractivity contribution in [2.75, 3.05) is 26.1 Å². The predicted molar refractivity (Wildman–Crippen MR) is 92.9 cm³/mol. The number of anilines is 1. The Hall–Kier alpha value is -2.88. The van der Waals surface area contributed by atoms with Gasteiger partial charge in [0.2, 0.25) is 22.8 Å². The van der Waals surface area contributed by atoms with E-state index in [1.807, 2.05) is 0 Å². The number of ether oxygens (including phenoxy) is 3. The number of nitrogens with zero attached hydrogens (tertiary/aromatic N) is 3. The van der Waals surface area contributed by atoms with E-state index in [1.54, 1.807) is 4.72 Å². The normalized spacial score (nSPS) is 11.7. The van der Waals surface area contributed by atoms with Crippen LogP contribution in [0.1, 0.15) is 5.69 Å². The Bertz CT molecular complexity index is 973. The second-order valence-corrected chi connectivity index (χ2v) is 7.48. The fraction of sp³-hybridized carbons (Fsp3) is 0.385. The summed E-state index contributed by atoms with van der Waals surface area (Å²) in [6.45, 7) is -0.486. The number of aryl methyl sites for hydroxylation is 1. The molecule has 0 aliphatic rings. The third-order valence-corrected chi connectivity index (χ3v) is 5.42. The van der Waals surface area contributed by atoms with E-state index in [2.05, 4.69) is 24.4 Å². The first-order chi connectivity index (χ1) is 13.4. The van der Waals surface area contributed by atoms with Gasteiger partial charge in [0.15, 0.2) is 11.5 Å². The molecular formula is C13H14F3N5O6S2. The average Bonchev–Trinajstić information content (AvgIpc) is 3.00. The van der Waals surface area contributed by atoms with Crippen LogP contribution in [0.5, 0.6) is 16.8 Å². The third kappa shape index (κ3) is 6.05. The van der Waals surface area contributed by atoms with Crippen molar-refractivity contribution < 1.29 is 40.6 Å². The van der Waals surface area contributed by atoms with Crippen LogP contribution < -0.4 is 24.2 Å². The summed E-state index contributed by atoms with van der Waals surface area (Å²) >= 11 is 0.404. The van der Waals surface area contributed by atoms with E-state index >= 15 is 0 Å². The highest BCUT2D eigenvalue weighted by atomic mass is 32.2. The van der Waals surface area contributed by atoms with Crippen molar-refractivity contribution in [2.45, 2.75) is 18.0 Å². The number of urea groups is 1. The standard InChI is InChI=1S/C13H14F3N5O6S2/c1-6-9(10(28-20-6)27-5-13(14,15)16)29(23,24)21-12(22)19-11-17-7(25-2)4-8(18-11)26-3/h4H,5H2,1-3H3,(H2,17,18,19,21,22). The number of alkyl halides is 3. The van der Waals surface area contributed by atoms with Gasteiger partial charge in [-0.25, -0.2) is 17.9 Å². The number of methoxy groups -OCH3 is 2. The van der Waals surface area contributed by atoms with Crippen LogP contribution in [-0.2, 0) is 10.0 Å². The lowest BCUT2D eigenvalue weighted by atomic mass is 10.5. The van der Waals surface area contributed by atoms with Crippen molar-refractivity contribution in [1.29, 1.82) is 0 Å². The minimum absolute atomic E-state index is 0.0238. The molecule has 2 amide bonds. The highest BCUT2D eigenvalue weighted by Crippen LogP contribution is 2.32. The molecule has 0 atom stereocenters. The van der Waals surface area contributed by atoms with Gasteiger partial charge in [-0.15, -0.1) is 0 Å². The van der Waals surface area contributed by atoms with Crippen molar-refractivity contribution in [3.05, 3.63) is 11.8 Å². The predicted octanol–water partition coefficient (Wildman–Crippen LogP) is 1.71. The first-order valence-corrected chi connectivity index (χ1v) is 9.67. The van der Waals surface area contributed by atoms with Crippen LogP contribution in [0.15, 0.2) is 11.0 Å². The molecule has 0 saturated heterocycles. The van der Waals surface area contributed by atoms with Crippen molar-refractivity contribution in [3.8, 4) is 16.8 Å². The van der Waals surface area contributed by atoms with Crippen LogP contribution in [-0.4, -0.2) is 55.8 Å². The lowest BCUT2D eigenvalue weighted by Crippen LogP contribution is -2.35. The van der Waals surface area contributed by atoms with Gasteiger partial charge in [-0.05, 0) is 6.92 Å². The largest absolute Gasteiger partial charge is 0.481 e. The second-order valence-electron chi connectivity index (χ2n) is 5.12. The van der Waals surface area contributed by atoms with E-state index in [1.165, 1.54) is 27.2 Å². The number of sulfonamides is 1. The van der Waals surface area contributed by atoms with E-state index in [4.69, 9.17) is 9.47 Å². The number of hydrogen-bond donors (Lipinski definition) is 2. The highest BCUT2D eigenvalue weighted by molar-refractivity contribution is 7.90. The fourth-order valence-corrected chi connectivity index (χ4v) is 4.12. The molecule has 0 fully saturated rings. The maximum Gasteiger partial charge on any atom is 0.422 e. The summed E-state index contributed by atoms with van der Waals surface area (Å²) in [5.41, 5.74) is -0.147. The Morgan fingerprint density at radius 2 is 1.79 bits per heavy atom. The molecule has 0 saturated carbocycles. The van der Waals surface area contributed by atoms with E-state index in [0.29, 0.717) is 11.5 Å². The molecule has 0 radical (unpaired) electrons. The molecule has 0 aliphatic heterocycles. The lowest BCUT2D eigenvalue weighted by molar-refractivity contribution is -0.153. The summed E-state index contributed by atoms with van der Waals surface area (Å²) in [5.74, 6) is -0.297. The molecule has 160 valence electrons. The van der Waals surface area contributed by atoms with Crippen LogP contribution in [0.25, 0.3) is 0 Å². The molecule has 29 heavy (non-hydrogen) atoms. The quantitative estimate of drug-likeness (QED) is 0.635. The molecule has 0 aliphatic carbocycles. The van der Waals surface area contributed by atoms with Crippen molar-refractivity contribution >= 4 is 33.5 Å². The van der Waals surface area contributed by atoms with Crippen LogP contribution in [0.3, 0.4) is 0 Å². The van der Waals surface area contributed by atoms with Gasteiger partial charge in [-0.3, -0.25) is 5.32 Å². The number of carbonyl (C=O) groups excluding carboxylic acids is 1. The summed E-state index contributed by atoms with van der Waals surface area (Å²) in [7, 11) is -2.03. The van der Waals surface area contributed by atoms with Crippen LogP contribution in [0.2, 0.25) is 0 Å². The molecule has 11 nitrogen and oxygen atoms in total. The summed E-state index contributed by atoms with van der Waals surface area (Å²) in [5, 5.41) is 1.44. The van der Waals surface area contributed by atoms with E-state index < -0.39 is 38.8 Å². The van der Waals surface area contributed by atoms with Gasteiger partial charge in [0.25, 0.3) is 10.0 Å². The summed E-state index contributed by atoms with van der Waals surface area (Å²) < 4.78 is 81.5. The third-order valence-electron chi connectivity index (χ3n) is 2.96. The number of carbonyl (C=O) groups is 1. The molecule has 2 aromatic rings. The lowest BCUT2D eigenvalue weighted by Gasteiger charge is -2.11. The summed E-state index contributed by atoms with van der Waals surface area (Å²) in [6.07, 6.45) is -4.69. The molecule has 2 N–H and O–H groups in total. The highest BCUT2D eigenvalue weighted by Gasteiger charge is 2.33. The monoisotopic (exact) mass is 457 g/mol. The number of aromatic nitrogens is 3. The van der Waals surface area contributed by atoms with Crippen molar-refractivity contribution in [2.24, 2.45) is 0 Å². The molecule has 0 aromatic carbocycles. The van der Waals surface area contributed by atoms with Gasteiger partial charge in [0.1, 0.15) is 0 Å². The molecule has 16 heteroatoms. The minimum atomic E-state index is -4.69. The van der Waals surface area contributed by atoms with E-state index in [9.17, 15) is 26.4 Å². The van der Waals surface area contributed by atoms with Gasteiger partial charge < -0.3 is 14.2 Å². The first-order valence-electron chi connectivity index (χ1n) is 7.42. The zero-order valence-electron chi connectivity index (χ0n) is 15.0. The minimum Gasteiger partial charge on any atom is -0.481 e. The maximum absolute atomic E-state index is 12.4. The molecule has 2 aromatic heterocycles. The number of rotatable bonds is 7. The first kappa shape index (κ1) is 22.4. The Balaban J connectivity index is 2.19. The van der Waals surface area contributed by atoms with Gasteiger partial charge in [-0.1, -0.05) is 0 Å². The molecule has 2 rings (SSSR count). The SMILES string of the molecule is COc1cc(OC)nc(NC(=O)NS(=O)(=O)c2c(C)nsc2OCC(F)(F)F)n1. The number of hydrogen-bond acceptors (Lipinski definition) is 10. The topological polar surface area (TPSA) is 142 Å². The van der Waals surface area contributed by atoms with Gasteiger partial charge in [0.05, 0.1) is 26.0 Å². The maximum atomic E-state index is 12.4. The Kier molecular flexibility index (Phi) is 6.68. The summed E-state index contributed by atoms with van der Waals surface area (Å²) in [6, 6.07) is 0.0254. The Morgan fingerprint density at radius 3 is 2.31 bits per heavy atom. The fourth-order valence-electron chi connectivity index (χ4n) is 1.85. The smallest absolute Gasteiger partial charge is 0.422 e. The molecule has 0 bridgehead atoms. The molecule has 0 spiro atoms. The van der Waals surface area contributed by atoms with Crippen LogP contribution in [0.4, 0.5) is 23.9 Å². The van der Waals surface area contributed by atoms with E-state index in [0.717, 1.165) is 0 Å². The average molecular weight is 457 g/mol. The zero-order valence-corrected chi connectivity index (χ0v) is 16.7. The van der Waals surface area contributed by atoms with Gasteiger partial charge in [0, 0.05) is 11.5 Å². The summed E-state index contributed by atoms with van der Waals surface area (Å²) in [4.78, 5) is 18.9. The van der Waals surface area contributed by atoms with Gasteiger partial charge >= 0.3 is 12.2 Å². The van der Waals surface area contributed by atoms with Crippen molar-refractivity contribution in [1.82, 2.24) is 19.1 Å². The Labute approximate surface area is 166 Å². The molecule has 2 heterocycles. The zero-order chi connectivity index (χ0) is 21.8. The van der Waals surface area contributed by atoms with Crippen LogP contribution >= 0.6 is 11.5 Å². The Morgan fingerprint density at radius 1 is 1.21 bits per heavy atom. The van der Waals surface area contributed by atoms with E-state index in [-0.39, 0.29) is 23.4 Å². The number of nitrogens with one attached hydrogen (secondary N) is 2. The number of halogens is 3. The molecular weight excluding hydrogens is 443 g/mol. The van der Waals surface area contributed by atoms with Gasteiger partial charge in [-0.2, -0.15) is 27.5 Å².